The molecule has 2 aromatic rings. The van der Waals surface area contributed by atoms with Gasteiger partial charge in [0.2, 0.25) is 11.9 Å². The number of hydrazine groups is 1. The van der Waals surface area contributed by atoms with Gasteiger partial charge in [-0.15, -0.1) is 0 Å². The van der Waals surface area contributed by atoms with E-state index >= 15 is 0 Å². The number of carbonyl (C=O) groups excluding carboxylic acids is 1. The van der Waals surface area contributed by atoms with Gasteiger partial charge in [0, 0.05) is 42.9 Å². The van der Waals surface area contributed by atoms with E-state index in [0.29, 0.717) is 12.6 Å². The Bertz CT molecular complexity index is 896. The SMILES string of the molecule is Cc1cc(NC2CC(C)NN2)nc(N2CCC(C)(C(=O)NCc3ccccc3)CC2)n1. The summed E-state index contributed by atoms with van der Waals surface area (Å²) in [5.74, 6) is 1.68. The molecule has 3 heterocycles. The van der Waals surface area contributed by atoms with Crippen LogP contribution in [0.1, 0.15) is 44.4 Å². The second-order valence-electron chi connectivity index (χ2n) is 9.03. The second kappa shape index (κ2) is 9.20. The molecule has 8 heteroatoms. The number of rotatable bonds is 6. The lowest BCUT2D eigenvalue weighted by atomic mass is 9.79. The van der Waals surface area contributed by atoms with Gasteiger partial charge in [0.15, 0.2) is 0 Å². The van der Waals surface area contributed by atoms with E-state index in [1.54, 1.807) is 0 Å². The highest BCUT2D eigenvalue weighted by molar-refractivity contribution is 5.82. The van der Waals surface area contributed by atoms with E-state index in [0.717, 1.165) is 55.4 Å². The molecule has 4 N–H and O–H groups in total. The highest BCUT2D eigenvalue weighted by Gasteiger charge is 2.37. The second-order valence-corrected chi connectivity index (χ2v) is 9.03. The van der Waals surface area contributed by atoms with E-state index in [-0.39, 0.29) is 17.5 Å². The molecule has 1 amide bonds. The van der Waals surface area contributed by atoms with Crippen molar-refractivity contribution in [1.29, 1.82) is 0 Å². The minimum absolute atomic E-state index is 0.123. The molecule has 2 aliphatic rings. The maximum Gasteiger partial charge on any atom is 0.227 e. The van der Waals surface area contributed by atoms with Crippen LogP contribution in [0.15, 0.2) is 36.4 Å². The molecule has 0 saturated carbocycles. The summed E-state index contributed by atoms with van der Waals surface area (Å²) in [6.45, 7) is 8.29. The fraction of sp³-hybridized carbons (Fsp3) is 0.522. The maximum atomic E-state index is 12.9. The lowest BCUT2D eigenvalue weighted by Crippen LogP contribution is -2.47. The van der Waals surface area contributed by atoms with Crippen LogP contribution in [-0.2, 0) is 11.3 Å². The van der Waals surface area contributed by atoms with Crippen molar-refractivity contribution in [1.82, 2.24) is 26.1 Å². The molecular weight excluding hydrogens is 390 g/mol. The fourth-order valence-corrected chi connectivity index (χ4v) is 4.17. The summed E-state index contributed by atoms with van der Waals surface area (Å²) in [7, 11) is 0. The summed E-state index contributed by atoms with van der Waals surface area (Å²) in [5.41, 5.74) is 8.14. The van der Waals surface area contributed by atoms with Crippen LogP contribution in [0.2, 0.25) is 0 Å². The highest BCUT2D eigenvalue weighted by Crippen LogP contribution is 2.33. The fourth-order valence-electron chi connectivity index (χ4n) is 4.17. The van der Waals surface area contributed by atoms with E-state index < -0.39 is 0 Å². The van der Waals surface area contributed by atoms with Crippen LogP contribution in [0.4, 0.5) is 11.8 Å². The largest absolute Gasteiger partial charge is 0.353 e. The predicted octanol–water partition coefficient (Wildman–Crippen LogP) is 2.33. The summed E-state index contributed by atoms with van der Waals surface area (Å²) in [5, 5.41) is 6.56. The molecule has 8 nitrogen and oxygen atoms in total. The van der Waals surface area contributed by atoms with Gasteiger partial charge in [-0.2, -0.15) is 4.98 Å². The van der Waals surface area contributed by atoms with Gasteiger partial charge in [0.1, 0.15) is 5.82 Å². The van der Waals surface area contributed by atoms with Gasteiger partial charge in [-0.25, -0.2) is 10.4 Å². The number of aryl methyl sites for hydroxylation is 1. The van der Waals surface area contributed by atoms with Crippen molar-refractivity contribution in [3.8, 4) is 0 Å². The summed E-state index contributed by atoms with van der Waals surface area (Å²) in [6.07, 6.45) is 2.69. The molecule has 2 fully saturated rings. The number of aromatic nitrogens is 2. The van der Waals surface area contributed by atoms with Crippen molar-refractivity contribution in [2.45, 2.75) is 58.8 Å². The van der Waals surface area contributed by atoms with Crippen molar-refractivity contribution < 1.29 is 4.79 Å². The standard InChI is InChI=1S/C23H33N7O/c1-16-13-19(26-20-14-17(2)28-29-20)27-22(25-16)30-11-9-23(3,10-12-30)21(31)24-15-18-7-5-4-6-8-18/h4-8,13,17,20,28-29H,9-12,14-15H2,1-3H3,(H,24,31)(H,25,26,27). The highest BCUT2D eigenvalue weighted by atomic mass is 16.2. The van der Waals surface area contributed by atoms with Crippen molar-refractivity contribution in [3.63, 3.8) is 0 Å². The number of hydrogen-bond donors (Lipinski definition) is 4. The lowest BCUT2D eigenvalue weighted by Gasteiger charge is -2.38. The van der Waals surface area contributed by atoms with Crippen molar-refractivity contribution in [2.75, 3.05) is 23.3 Å². The van der Waals surface area contributed by atoms with Crippen LogP contribution in [0, 0.1) is 12.3 Å². The minimum Gasteiger partial charge on any atom is -0.353 e. The molecule has 0 radical (unpaired) electrons. The average Bonchev–Trinajstić information content (AvgIpc) is 3.17. The van der Waals surface area contributed by atoms with Gasteiger partial charge >= 0.3 is 0 Å². The third-order valence-electron chi connectivity index (χ3n) is 6.25. The van der Waals surface area contributed by atoms with Gasteiger partial charge in [-0.1, -0.05) is 37.3 Å². The number of anilines is 2. The Morgan fingerprint density at radius 2 is 1.94 bits per heavy atom. The van der Waals surface area contributed by atoms with Crippen LogP contribution < -0.4 is 26.4 Å². The molecule has 166 valence electrons. The quantitative estimate of drug-likeness (QED) is 0.567. The number of amides is 1. The topological polar surface area (TPSA) is 94.2 Å². The zero-order valence-electron chi connectivity index (χ0n) is 18.6. The molecule has 1 aromatic heterocycles. The molecule has 0 spiro atoms. The number of benzene rings is 1. The summed E-state index contributed by atoms with van der Waals surface area (Å²) >= 11 is 0. The van der Waals surface area contributed by atoms with E-state index in [9.17, 15) is 4.79 Å². The first kappa shape index (κ1) is 21.5. The number of nitrogens with one attached hydrogen (secondary N) is 4. The monoisotopic (exact) mass is 423 g/mol. The Kier molecular flexibility index (Phi) is 6.38. The first-order chi connectivity index (χ1) is 14.9. The predicted molar refractivity (Wildman–Crippen MR) is 122 cm³/mol. The molecule has 2 atom stereocenters. The zero-order valence-corrected chi connectivity index (χ0v) is 18.6. The molecule has 4 rings (SSSR count). The molecule has 0 bridgehead atoms. The van der Waals surface area contributed by atoms with E-state index in [2.05, 4.69) is 45.2 Å². The van der Waals surface area contributed by atoms with Crippen molar-refractivity contribution in [3.05, 3.63) is 47.7 Å². The Labute approximate surface area is 184 Å². The lowest BCUT2D eigenvalue weighted by molar-refractivity contribution is -0.131. The van der Waals surface area contributed by atoms with Crippen LogP contribution in [0.5, 0.6) is 0 Å². The Morgan fingerprint density at radius 1 is 1.19 bits per heavy atom. The van der Waals surface area contributed by atoms with Gasteiger partial charge in [-0.05, 0) is 38.7 Å². The molecule has 2 saturated heterocycles. The number of nitrogens with zero attached hydrogens (tertiary/aromatic N) is 3. The average molecular weight is 424 g/mol. The summed E-state index contributed by atoms with van der Waals surface area (Å²) < 4.78 is 0. The summed E-state index contributed by atoms with van der Waals surface area (Å²) in [6, 6.07) is 12.4. The molecule has 2 aliphatic heterocycles. The Balaban J connectivity index is 1.35. The van der Waals surface area contributed by atoms with Gasteiger partial charge in [0.05, 0.1) is 6.17 Å². The number of piperidine rings is 1. The van der Waals surface area contributed by atoms with Crippen molar-refractivity contribution in [2.24, 2.45) is 5.41 Å². The van der Waals surface area contributed by atoms with Gasteiger partial charge in [-0.3, -0.25) is 10.2 Å². The van der Waals surface area contributed by atoms with Crippen LogP contribution in [0.3, 0.4) is 0 Å². The third kappa shape index (κ3) is 5.32. The van der Waals surface area contributed by atoms with E-state index in [4.69, 9.17) is 4.98 Å². The van der Waals surface area contributed by atoms with E-state index in [1.807, 2.05) is 43.3 Å². The van der Waals surface area contributed by atoms with Crippen LogP contribution in [-0.4, -0.2) is 41.2 Å². The zero-order chi connectivity index (χ0) is 21.8. The molecule has 1 aromatic carbocycles. The van der Waals surface area contributed by atoms with E-state index in [1.165, 1.54) is 0 Å². The molecular formula is C23H33N7O. The van der Waals surface area contributed by atoms with Crippen LogP contribution in [0.25, 0.3) is 0 Å². The molecule has 31 heavy (non-hydrogen) atoms. The first-order valence-electron chi connectivity index (χ1n) is 11.1. The Hall–Kier alpha value is -2.71. The molecule has 0 aliphatic carbocycles. The minimum atomic E-state index is -0.369. The maximum absolute atomic E-state index is 12.9. The van der Waals surface area contributed by atoms with Crippen molar-refractivity contribution >= 4 is 17.7 Å². The Morgan fingerprint density at radius 3 is 2.61 bits per heavy atom. The number of hydrogen-bond acceptors (Lipinski definition) is 7. The van der Waals surface area contributed by atoms with Crippen LogP contribution >= 0.6 is 0 Å². The number of carbonyl (C=O) groups is 1. The summed E-state index contributed by atoms with van der Waals surface area (Å²) in [4.78, 5) is 24.5. The normalized spacial score (nSPS) is 22.9. The third-order valence-corrected chi connectivity index (χ3v) is 6.25. The van der Waals surface area contributed by atoms with Gasteiger partial charge in [0.25, 0.3) is 0 Å². The molecule has 2 unspecified atom stereocenters. The smallest absolute Gasteiger partial charge is 0.227 e. The van der Waals surface area contributed by atoms with Gasteiger partial charge < -0.3 is 15.5 Å². The first-order valence-corrected chi connectivity index (χ1v) is 11.1.